The molecule has 0 unspecified atom stereocenters. The molecule has 0 aromatic heterocycles. The normalized spacial score (nSPS) is 15.6. The summed E-state index contributed by atoms with van der Waals surface area (Å²) in [5.41, 5.74) is 0.224. The van der Waals surface area contributed by atoms with Crippen molar-refractivity contribution in [2.45, 2.75) is 37.1 Å². The summed E-state index contributed by atoms with van der Waals surface area (Å²) < 4.78 is 72.1. The number of hydrogen-bond acceptors (Lipinski definition) is 6. The van der Waals surface area contributed by atoms with Gasteiger partial charge in [0.2, 0.25) is 26.0 Å². The minimum atomic E-state index is -3.92. The third kappa shape index (κ3) is 5.50. The van der Waals surface area contributed by atoms with Gasteiger partial charge in [0.1, 0.15) is 17.6 Å². The van der Waals surface area contributed by atoms with E-state index in [-0.39, 0.29) is 28.4 Å². The molecule has 1 fully saturated rings. The van der Waals surface area contributed by atoms with Crippen LogP contribution in [0.3, 0.4) is 0 Å². The number of carbonyl (C=O) groups is 1. The number of amides is 1. The monoisotopic (exact) mass is 513 g/mol. The Hall–Kier alpha value is -2.70. The van der Waals surface area contributed by atoms with Crippen molar-refractivity contribution in [1.29, 1.82) is 0 Å². The molecule has 1 aliphatic heterocycles. The van der Waals surface area contributed by atoms with Crippen LogP contribution >= 0.6 is 0 Å². The zero-order valence-electron chi connectivity index (χ0n) is 19.2. The second kappa shape index (κ2) is 10.3. The third-order valence-electron chi connectivity index (χ3n) is 5.54. The van der Waals surface area contributed by atoms with Crippen LogP contribution in [0.1, 0.15) is 26.2 Å². The smallest absolute Gasteiger partial charge is 0.248 e. The van der Waals surface area contributed by atoms with E-state index in [0.29, 0.717) is 13.1 Å². The van der Waals surface area contributed by atoms with Crippen molar-refractivity contribution < 1.29 is 30.8 Å². The fourth-order valence-electron chi connectivity index (χ4n) is 3.89. The van der Waals surface area contributed by atoms with Gasteiger partial charge >= 0.3 is 0 Å². The van der Waals surface area contributed by atoms with Crippen LogP contribution in [0.5, 0.6) is 5.75 Å². The predicted molar refractivity (Wildman–Crippen MR) is 127 cm³/mol. The molecule has 1 saturated heterocycles. The van der Waals surface area contributed by atoms with Crippen LogP contribution in [0.4, 0.5) is 15.8 Å². The highest BCUT2D eigenvalue weighted by Crippen LogP contribution is 2.31. The Balaban J connectivity index is 1.96. The molecule has 1 N–H and O–H groups in total. The molecule has 34 heavy (non-hydrogen) atoms. The number of hydrogen-bond donors (Lipinski definition) is 1. The summed E-state index contributed by atoms with van der Waals surface area (Å²) >= 11 is 0. The molecule has 0 spiro atoms. The maximum absolute atomic E-state index is 13.4. The molecule has 1 amide bonds. The number of rotatable bonds is 9. The average molecular weight is 514 g/mol. The van der Waals surface area contributed by atoms with E-state index < -0.39 is 37.8 Å². The Bertz CT molecular complexity index is 1240. The van der Waals surface area contributed by atoms with E-state index in [4.69, 9.17) is 4.74 Å². The van der Waals surface area contributed by atoms with Crippen molar-refractivity contribution in [3.05, 3.63) is 48.3 Å². The maximum Gasteiger partial charge on any atom is 0.248 e. The van der Waals surface area contributed by atoms with E-state index in [0.717, 1.165) is 35.5 Å². The van der Waals surface area contributed by atoms with Crippen LogP contribution in [0.25, 0.3) is 0 Å². The standard InChI is InChI=1S/C22H28FN3O6S2/c1-4-20(26(33(3,28)29)17-9-7-16(23)8-10-17)22(27)24-19-15-18(11-12-21(19)32-2)34(30,31)25-13-5-6-14-25/h7-12,15,20H,4-6,13-14H2,1-3H3,(H,24,27)/t20-/m1/s1. The fraction of sp³-hybridized carbons (Fsp3) is 0.409. The molecule has 1 atom stereocenters. The van der Waals surface area contributed by atoms with Crippen molar-refractivity contribution in [1.82, 2.24) is 4.31 Å². The van der Waals surface area contributed by atoms with Gasteiger partial charge in [0.05, 0.1) is 29.6 Å². The number of nitrogens with one attached hydrogen (secondary N) is 1. The van der Waals surface area contributed by atoms with Gasteiger partial charge in [-0.1, -0.05) is 6.92 Å². The van der Waals surface area contributed by atoms with Gasteiger partial charge in [-0.25, -0.2) is 21.2 Å². The SMILES string of the molecule is CC[C@H](C(=O)Nc1cc(S(=O)(=O)N2CCCC2)ccc1OC)N(c1ccc(F)cc1)S(C)(=O)=O. The number of ether oxygens (including phenoxy) is 1. The van der Waals surface area contributed by atoms with Crippen molar-refractivity contribution in [2.75, 3.05) is 36.1 Å². The van der Waals surface area contributed by atoms with Crippen molar-refractivity contribution in [3.8, 4) is 5.75 Å². The Labute approximate surface area is 199 Å². The van der Waals surface area contributed by atoms with Crippen molar-refractivity contribution in [3.63, 3.8) is 0 Å². The lowest BCUT2D eigenvalue weighted by atomic mass is 10.1. The Morgan fingerprint density at radius 1 is 1.12 bits per heavy atom. The molecule has 0 saturated carbocycles. The van der Waals surface area contributed by atoms with E-state index in [2.05, 4.69) is 5.32 Å². The van der Waals surface area contributed by atoms with Gasteiger partial charge in [0.25, 0.3) is 0 Å². The highest BCUT2D eigenvalue weighted by atomic mass is 32.2. The average Bonchev–Trinajstić information content (AvgIpc) is 3.33. The molecule has 1 aliphatic rings. The minimum Gasteiger partial charge on any atom is -0.495 e. The lowest BCUT2D eigenvalue weighted by Gasteiger charge is -2.30. The number of methoxy groups -OCH3 is 1. The largest absolute Gasteiger partial charge is 0.495 e. The van der Waals surface area contributed by atoms with Crippen molar-refractivity contribution >= 4 is 37.3 Å². The summed E-state index contributed by atoms with van der Waals surface area (Å²) in [7, 11) is -6.30. The van der Waals surface area contributed by atoms with E-state index in [1.54, 1.807) is 6.92 Å². The van der Waals surface area contributed by atoms with Gasteiger partial charge in [-0.15, -0.1) is 0 Å². The van der Waals surface area contributed by atoms with Crippen LogP contribution in [-0.4, -0.2) is 59.5 Å². The van der Waals surface area contributed by atoms with Gasteiger partial charge in [-0.3, -0.25) is 9.10 Å². The Morgan fingerprint density at radius 2 is 1.74 bits per heavy atom. The van der Waals surface area contributed by atoms with Crippen LogP contribution in [0.2, 0.25) is 0 Å². The van der Waals surface area contributed by atoms with Gasteiger partial charge < -0.3 is 10.1 Å². The van der Waals surface area contributed by atoms with Crippen LogP contribution in [-0.2, 0) is 24.8 Å². The van der Waals surface area contributed by atoms with Crippen LogP contribution in [0.15, 0.2) is 47.4 Å². The number of sulfonamides is 2. The number of carbonyl (C=O) groups excluding carboxylic acids is 1. The molecule has 0 bridgehead atoms. The lowest BCUT2D eigenvalue weighted by Crippen LogP contribution is -2.47. The highest BCUT2D eigenvalue weighted by Gasteiger charge is 2.33. The number of anilines is 2. The quantitative estimate of drug-likeness (QED) is 0.552. The fourth-order valence-corrected chi connectivity index (χ4v) is 6.64. The first-order valence-corrected chi connectivity index (χ1v) is 14.0. The summed E-state index contributed by atoms with van der Waals surface area (Å²) in [5.74, 6) is -1.02. The molecule has 2 aromatic carbocycles. The first-order valence-electron chi connectivity index (χ1n) is 10.7. The molecule has 186 valence electrons. The molecule has 9 nitrogen and oxygen atoms in total. The zero-order valence-corrected chi connectivity index (χ0v) is 20.8. The maximum atomic E-state index is 13.4. The minimum absolute atomic E-state index is 0.00273. The molecule has 3 rings (SSSR count). The first-order chi connectivity index (χ1) is 16.0. The molecular formula is C22H28FN3O6S2. The summed E-state index contributed by atoms with van der Waals surface area (Å²) in [4.78, 5) is 13.2. The highest BCUT2D eigenvalue weighted by molar-refractivity contribution is 7.92. The summed E-state index contributed by atoms with van der Waals surface area (Å²) in [6.45, 7) is 2.49. The van der Waals surface area contributed by atoms with Gasteiger partial charge in [0, 0.05) is 13.1 Å². The molecular weight excluding hydrogens is 485 g/mol. The van der Waals surface area contributed by atoms with E-state index in [1.165, 1.54) is 41.7 Å². The molecule has 0 radical (unpaired) electrons. The lowest BCUT2D eigenvalue weighted by molar-refractivity contribution is -0.117. The molecule has 12 heteroatoms. The van der Waals surface area contributed by atoms with E-state index >= 15 is 0 Å². The Morgan fingerprint density at radius 3 is 2.26 bits per heavy atom. The third-order valence-corrected chi connectivity index (χ3v) is 8.62. The van der Waals surface area contributed by atoms with Gasteiger partial charge in [0.15, 0.2) is 0 Å². The summed E-state index contributed by atoms with van der Waals surface area (Å²) in [6.07, 6.45) is 2.62. The topological polar surface area (TPSA) is 113 Å². The Kier molecular flexibility index (Phi) is 7.84. The number of nitrogens with zero attached hydrogens (tertiary/aromatic N) is 2. The van der Waals surface area contributed by atoms with Gasteiger partial charge in [-0.05, 0) is 61.7 Å². The van der Waals surface area contributed by atoms with Gasteiger partial charge in [-0.2, -0.15) is 4.31 Å². The van der Waals surface area contributed by atoms with E-state index in [9.17, 15) is 26.0 Å². The number of halogens is 1. The van der Waals surface area contributed by atoms with Crippen LogP contribution < -0.4 is 14.4 Å². The van der Waals surface area contributed by atoms with Crippen LogP contribution in [0, 0.1) is 5.82 Å². The second-order valence-corrected chi connectivity index (χ2v) is 11.7. The first kappa shape index (κ1) is 25.9. The molecule has 1 heterocycles. The zero-order chi connectivity index (χ0) is 25.1. The molecule has 0 aliphatic carbocycles. The van der Waals surface area contributed by atoms with E-state index in [1.807, 2.05) is 0 Å². The number of benzene rings is 2. The summed E-state index contributed by atoms with van der Waals surface area (Å²) in [5, 5.41) is 2.62. The second-order valence-electron chi connectivity index (χ2n) is 7.92. The molecule has 2 aromatic rings. The predicted octanol–water partition coefficient (Wildman–Crippen LogP) is 2.80. The van der Waals surface area contributed by atoms with Crippen molar-refractivity contribution in [2.24, 2.45) is 0 Å². The summed E-state index contributed by atoms with van der Waals surface area (Å²) in [6, 6.07) is 7.73.